The summed E-state index contributed by atoms with van der Waals surface area (Å²) in [6.45, 7) is 6.28. The van der Waals surface area contributed by atoms with Crippen LogP contribution in [0.5, 0.6) is 0 Å². The maximum Gasteiger partial charge on any atom is 0.256 e. The molecule has 5 rings (SSSR count). The van der Waals surface area contributed by atoms with Gasteiger partial charge in [-0.25, -0.2) is 9.97 Å². The van der Waals surface area contributed by atoms with Crippen LogP contribution < -0.4 is 10.6 Å². The number of nitrogens with zero attached hydrogens (tertiary/aromatic N) is 5. The highest BCUT2D eigenvalue weighted by Crippen LogP contribution is 2.28. The number of fused-ring (bicyclic) bond motifs is 1. The molecule has 1 fully saturated rings. The number of carbonyl (C=O) groups excluding carboxylic acids is 1. The van der Waals surface area contributed by atoms with Crippen LogP contribution in [-0.2, 0) is 0 Å². The Hall–Kier alpha value is -3.91. The van der Waals surface area contributed by atoms with Crippen molar-refractivity contribution in [2.45, 2.75) is 38.6 Å². The van der Waals surface area contributed by atoms with Crippen LogP contribution in [0.15, 0.2) is 61.2 Å². The minimum atomic E-state index is -0.168. The second-order valence-corrected chi connectivity index (χ2v) is 9.73. The predicted molar refractivity (Wildman–Crippen MR) is 143 cm³/mol. The van der Waals surface area contributed by atoms with Crippen molar-refractivity contribution in [3.8, 4) is 11.3 Å². The summed E-state index contributed by atoms with van der Waals surface area (Å²) in [5.74, 6) is 1.53. The number of piperidine rings is 1. The summed E-state index contributed by atoms with van der Waals surface area (Å²) in [4.78, 5) is 33.3. The Balaban J connectivity index is 1.35. The van der Waals surface area contributed by atoms with Crippen molar-refractivity contribution in [1.82, 2.24) is 24.8 Å². The molecule has 1 aliphatic rings. The molecule has 8 heteroatoms. The molecule has 0 atom stereocenters. The molecule has 0 spiro atoms. The van der Waals surface area contributed by atoms with E-state index in [2.05, 4.69) is 62.4 Å². The third-order valence-corrected chi connectivity index (χ3v) is 6.51. The van der Waals surface area contributed by atoms with E-state index in [1.807, 2.05) is 30.3 Å². The Bertz CT molecular complexity index is 1380. The minimum absolute atomic E-state index is 0.168. The fourth-order valence-corrected chi connectivity index (χ4v) is 4.57. The molecule has 8 nitrogen and oxygen atoms in total. The van der Waals surface area contributed by atoms with Crippen molar-refractivity contribution in [2.75, 3.05) is 30.8 Å². The zero-order valence-electron chi connectivity index (χ0n) is 20.9. The standard InChI is InChI=1S/C28H31N7O/c1-18(2)32-27-17-29-15-25(33-27)23-12-22-13-26(31-16-24(22)30-14-23)34-28(36)21-6-4-5-20(11-21)19-7-9-35(3)10-8-19/h4-6,11-19H,7-10H2,1-3H3,(H,32,33)(H,31,34,36). The second-order valence-electron chi connectivity index (χ2n) is 9.73. The zero-order valence-corrected chi connectivity index (χ0v) is 20.9. The SMILES string of the molecule is CC(C)Nc1cncc(-c2cnc3cnc(NC(=O)c4cccc(C5CCN(C)CC5)c4)cc3c2)n1. The van der Waals surface area contributed by atoms with Gasteiger partial charge in [0.1, 0.15) is 11.6 Å². The summed E-state index contributed by atoms with van der Waals surface area (Å²) in [5, 5.41) is 7.09. The molecule has 184 valence electrons. The van der Waals surface area contributed by atoms with Crippen LogP contribution in [0.2, 0.25) is 0 Å². The van der Waals surface area contributed by atoms with Crippen molar-refractivity contribution in [1.29, 1.82) is 0 Å². The quantitative estimate of drug-likeness (QED) is 0.401. The third kappa shape index (κ3) is 5.49. The Kier molecular flexibility index (Phi) is 6.86. The fourth-order valence-electron chi connectivity index (χ4n) is 4.57. The first kappa shape index (κ1) is 23.8. The molecule has 0 unspecified atom stereocenters. The third-order valence-electron chi connectivity index (χ3n) is 6.51. The molecule has 1 aliphatic heterocycles. The van der Waals surface area contributed by atoms with E-state index in [0.29, 0.717) is 23.1 Å². The van der Waals surface area contributed by atoms with E-state index >= 15 is 0 Å². The number of carbonyl (C=O) groups is 1. The Morgan fingerprint density at radius 2 is 1.83 bits per heavy atom. The molecule has 1 saturated heterocycles. The lowest BCUT2D eigenvalue weighted by Crippen LogP contribution is -2.29. The van der Waals surface area contributed by atoms with Gasteiger partial charge >= 0.3 is 0 Å². The first-order valence-electron chi connectivity index (χ1n) is 12.4. The first-order valence-corrected chi connectivity index (χ1v) is 12.4. The molecule has 0 bridgehead atoms. The van der Waals surface area contributed by atoms with E-state index < -0.39 is 0 Å². The number of hydrogen-bond donors (Lipinski definition) is 2. The number of likely N-dealkylation sites (tertiary alicyclic amines) is 1. The smallest absolute Gasteiger partial charge is 0.256 e. The first-order chi connectivity index (χ1) is 17.4. The minimum Gasteiger partial charge on any atom is -0.367 e. The zero-order chi connectivity index (χ0) is 25.1. The number of pyridine rings is 2. The van der Waals surface area contributed by atoms with Crippen molar-refractivity contribution in [3.05, 3.63) is 72.3 Å². The van der Waals surface area contributed by atoms with Gasteiger partial charge in [-0.05, 0) is 82.6 Å². The molecule has 36 heavy (non-hydrogen) atoms. The average Bonchev–Trinajstić information content (AvgIpc) is 2.88. The number of rotatable bonds is 6. The number of anilines is 2. The van der Waals surface area contributed by atoms with Crippen LogP contribution in [-0.4, -0.2) is 56.9 Å². The summed E-state index contributed by atoms with van der Waals surface area (Å²) in [5.41, 5.74) is 4.18. The van der Waals surface area contributed by atoms with Crippen molar-refractivity contribution in [3.63, 3.8) is 0 Å². The number of hydrogen-bond acceptors (Lipinski definition) is 7. The summed E-state index contributed by atoms with van der Waals surface area (Å²) in [7, 11) is 2.16. The van der Waals surface area contributed by atoms with E-state index in [4.69, 9.17) is 0 Å². The van der Waals surface area contributed by atoms with E-state index in [1.54, 1.807) is 24.8 Å². The summed E-state index contributed by atoms with van der Waals surface area (Å²) >= 11 is 0. The molecule has 4 heterocycles. The van der Waals surface area contributed by atoms with Crippen LogP contribution in [0.25, 0.3) is 22.2 Å². The van der Waals surface area contributed by atoms with Gasteiger partial charge in [-0.1, -0.05) is 12.1 Å². The lowest BCUT2D eigenvalue weighted by Gasteiger charge is -2.29. The molecule has 1 amide bonds. The molecule has 4 aromatic rings. The Labute approximate surface area is 211 Å². The molecule has 1 aromatic carbocycles. The maximum absolute atomic E-state index is 13.1. The van der Waals surface area contributed by atoms with Gasteiger partial charge in [0.15, 0.2) is 0 Å². The largest absolute Gasteiger partial charge is 0.367 e. The van der Waals surface area contributed by atoms with Crippen LogP contribution in [0.1, 0.15) is 48.5 Å². The van der Waals surface area contributed by atoms with E-state index in [-0.39, 0.29) is 11.9 Å². The highest BCUT2D eigenvalue weighted by Gasteiger charge is 2.19. The van der Waals surface area contributed by atoms with Gasteiger partial charge in [0.25, 0.3) is 5.91 Å². The molecule has 2 N–H and O–H groups in total. The van der Waals surface area contributed by atoms with E-state index in [9.17, 15) is 4.79 Å². The number of amides is 1. The van der Waals surface area contributed by atoms with Gasteiger partial charge in [0, 0.05) is 28.8 Å². The van der Waals surface area contributed by atoms with Crippen molar-refractivity contribution >= 4 is 28.4 Å². The Morgan fingerprint density at radius 1 is 1.00 bits per heavy atom. The number of benzene rings is 1. The number of aromatic nitrogens is 4. The second kappa shape index (κ2) is 10.4. The van der Waals surface area contributed by atoms with Gasteiger partial charge in [-0.15, -0.1) is 0 Å². The molecule has 3 aromatic heterocycles. The highest BCUT2D eigenvalue weighted by molar-refractivity contribution is 6.04. The molecule has 0 saturated carbocycles. The molecular formula is C28H31N7O. The monoisotopic (exact) mass is 481 g/mol. The maximum atomic E-state index is 13.1. The molecular weight excluding hydrogens is 450 g/mol. The van der Waals surface area contributed by atoms with E-state index in [1.165, 1.54) is 5.56 Å². The molecule has 0 radical (unpaired) electrons. The summed E-state index contributed by atoms with van der Waals surface area (Å²) in [6.07, 6.45) is 9.09. The lowest BCUT2D eigenvalue weighted by molar-refractivity contribution is 0.102. The van der Waals surface area contributed by atoms with E-state index in [0.717, 1.165) is 48.1 Å². The highest BCUT2D eigenvalue weighted by atomic mass is 16.1. The average molecular weight is 482 g/mol. The van der Waals surface area contributed by atoms with Gasteiger partial charge in [-0.2, -0.15) is 0 Å². The number of nitrogens with one attached hydrogen (secondary N) is 2. The Morgan fingerprint density at radius 3 is 2.64 bits per heavy atom. The van der Waals surface area contributed by atoms with Gasteiger partial charge in [-0.3, -0.25) is 14.8 Å². The van der Waals surface area contributed by atoms with Crippen LogP contribution >= 0.6 is 0 Å². The topological polar surface area (TPSA) is 95.9 Å². The summed E-state index contributed by atoms with van der Waals surface area (Å²) in [6, 6.07) is 12.1. The van der Waals surface area contributed by atoms with Crippen molar-refractivity contribution in [2.24, 2.45) is 0 Å². The summed E-state index contributed by atoms with van der Waals surface area (Å²) < 4.78 is 0. The van der Waals surface area contributed by atoms with Gasteiger partial charge in [0.05, 0.1) is 29.8 Å². The van der Waals surface area contributed by atoms with Gasteiger partial charge in [0.2, 0.25) is 0 Å². The lowest BCUT2D eigenvalue weighted by atomic mass is 9.89. The molecule has 0 aliphatic carbocycles. The van der Waals surface area contributed by atoms with Crippen LogP contribution in [0, 0.1) is 0 Å². The normalized spacial score (nSPS) is 14.8. The van der Waals surface area contributed by atoms with Crippen molar-refractivity contribution < 1.29 is 4.79 Å². The fraction of sp³-hybridized carbons (Fsp3) is 0.321. The van der Waals surface area contributed by atoms with Crippen LogP contribution in [0.4, 0.5) is 11.6 Å². The van der Waals surface area contributed by atoms with Crippen LogP contribution in [0.3, 0.4) is 0 Å². The van der Waals surface area contributed by atoms with Gasteiger partial charge < -0.3 is 15.5 Å². The predicted octanol–water partition coefficient (Wildman–Crippen LogP) is 4.97.